The Morgan fingerprint density at radius 1 is 1.58 bits per heavy atom. The first-order valence-corrected chi connectivity index (χ1v) is 4.33. The number of ether oxygens (including phenoxy) is 1. The third-order valence-corrected chi connectivity index (χ3v) is 2.09. The Morgan fingerprint density at radius 2 is 2.08 bits per heavy atom. The van der Waals surface area contributed by atoms with Gasteiger partial charge in [0.25, 0.3) is 0 Å². The summed E-state index contributed by atoms with van der Waals surface area (Å²) in [5.74, 6) is 2.24. The van der Waals surface area contributed by atoms with E-state index in [1.165, 1.54) is 13.8 Å². The van der Waals surface area contributed by atoms with E-state index < -0.39 is 19.3 Å². The van der Waals surface area contributed by atoms with Gasteiger partial charge in [-0.2, -0.15) is 4.79 Å². The zero-order valence-corrected chi connectivity index (χ0v) is 8.05. The van der Waals surface area contributed by atoms with Crippen LogP contribution in [-0.2, 0) is 13.8 Å². The van der Waals surface area contributed by atoms with E-state index in [0.29, 0.717) is 0 Å². The highest BCUT2D eigenvalue weighted by Gasteiger charge is 2.39. The van der Waals surface area contributed by atoms with Crippen molar-refractivity contribution in [1.29, 1.82) is 0 Å². The van der Waals surface area contributed by atoms with Crippen LogP contribution in [0.4, 0.5) is 4.79 Å². The van der Waals surface area contributed by atoms with Crippen LogP contribution in [0.3, 0.4) is 0 Å². The molecule has 0 saturated heterocycles. The molecule has 0 radical (unpaired) electrons. The maximum Gasteiger partial charge on any atom is 0.637 e. The zero-order chi connectivity index (χ0) is 9.78. The average Bonchev–Trinajstić information content (AvgIpc) is 2.02. The fourth-order valence-corrected chi connectivity index (χ4v) is 1.04. The molecule has 0 bridgehead atoms. The normalized spacial score (nSPS) is 11.7. The van der Waals surface area contributed by atoms with Gasteiger partial charge >= 0.3 is 13.7 Å². The maximum atomic E-state index is 10.9. The third-order valence-electron chi connectivity index (χ3n) is 0.982. The molecule has 0 rings (SSSR count). The van der Waals surface area contributed by atoms with Gasteiger partial charge in [-0.3, -0.25) is 0 Å². The smallest absolute Gasteiger partial charge is 0.429 e. The van der Waals surface area contributed by atoms with Gasteiger partial charge in [-0.05, 0) is 18.4 Å². The molecular formula is C7H10O4P+. The molecule has 0 aromatic carbocycles. The summed E-state index contributed by atoms with van der Waals surface area (Å²) >= 11 is 0. The van der Waals surface area contributed by atoms with Gasteiger partial charge in [0.05, 0.1) is 7.11 Å². The summed E-state index contributed by atoms with van der Waals surface area (Å²) in [7, 11) is -1.36. The molecule has 1 atom stereocenters. The van der Waals surface area contributed by atoms with E-state index in [9.17, 15) is 9.36 Å². The highest BCUT2D eigenvalue weighted by atomic mass is 31.1. The van der Waals surface area contributed by atoms with Crippen molar-refractivity contribution in [1.82, 2.24) is 0 Å². The van der Waals surface area contributed by atoms with Crippen molar-refractivity contribution >= 4 is 13.7 Å². The molecule has 0 amide bonds. The molecule has 0 aliphatic rings. The number of hydrogen-bond acceptors (Lipinski definition) is 4. The van der Waals surface area contributed by atoms with E-state index in [2.05, 4.69) is 10.7 Å². The van der Waals surface area contributed by atoms with Crippen molar-refractivity contribution in [3.05, 3.63) is 0 Å². The van der Waals surface area contributed by atoms with Crippen LogP contribution in [0.1, 0.15) is 13.8 Å². The largest absolute Gasteiger partial charge is 0.637 e. The Balaban J connectivity index is 4.21. The van der Waals surface area contributed by atoms with Gasteiger partial charge in [0.2, 0.25) is 0 Å². The highest BCUT2D eigenvalue weighted by Crippen LogP contribution is 2.31. The Bertz CT molecular complexity index is 238. The van der Waals surface area contributed by atoms with Crippen LogP contribution in [-0.4, -0.2) is 18.4 Å². The van der Waals surface area contributed by atoms with Crippen LogP contribution in [0.5, 0.6) is 0 Å². The lowest BCUT2D eigenvalue weighted by molar-refractivity contribution is 0.165. The van der Waals surface area contributed by atoms with Gasteiger partial charge in [-0.25, -0.2) is 0 Å². The third kappa shape index (κ3) is 3.47. The first-order valence-electron chi connectivity index (χ1n) is 3.15. The van der Waals surface area contributed by atoms with Gasteiger partial charge in [0, 0.05) is 0 Å². The summed E-state index contributed by atoms with van der Waals surface area (Å²) in [6.45, 7) is 3.06. The lowest BCUT2D eigenvalue weighted by atomic mass is 10.2. The van der Waals surface area contributed by atoms with Gasteiger partial charge < -0.3 is 4.74 Å². The Labute approximate surface area is 72.1 Å². The van der Waals surface area contributed by atoms with E-state index in [1.807, 2.05) is 0 Å². The maximum absolute atomic E-state index is 10.9. The van der Waals surface area contributed by atoms with Gasteiger partial charge in [-0.15, -0.1) is 10.9 Å². The summed E-state index contributed by atoms with van der Waals surface area (Å²) in [6.07, 6.45) is 5.04. The topological polar surface area (TPSA) is 52.6 Å². The van der Waals surface area contributed by atoms with Crippen LogP contribution in [0.15, 0.2) is 0 Å². The van der Waals surface area contributed by atoms with E-state index in [0.717, 1.165) is 7.11 Å². The average molecular weight is 189 g/mol. The molecule has 12 heavy (non-hydrogen) atoms. The van der Waals surface area contributed by atoms with Crippen molar-refractivity contribution in [2.75, 3.05) is 7.11 Å². The first kappa shape index (κ1) is 11.1. The van der Waals surface area contributed by atoms with E-state index in [1.54, 1.807) is 0 Å². The van der Waals surface area contributed by atoms with Crippen LogP contribution in [0.2, 0.25) is 0 Å². The van der Waals surface area contributed by atoms with E-state index in [-0.39, 0.29) is 0 Å². The number of methoxy groups -OCH3 is 1. The molecule has 0 saturated carbocycles. The van der Waals surface area contributed by atoms with E-state index >= 15 is 0 Å². The second-order valence-corrected chi connectivity index (χ2v) is 3.54. The summed E-state index contributed by atoms with van der Waals surface area (Å²) in [6, 6.07) is 0. The van der Waals surface area contributed by atoms with Gasteiger partial charge in [-0.1, -0.05) is 5.92 Å². The molecule has 0 aromatic heterocycles. The summed E-state index contributed by atoms with van der Waals surface area (Å²) in [4.78, 5) is 10.6. The standard InChI is InChI=1S/C7H10O4P/c1-5-7(2,3)11-12(9)6(8)10-4/h1H,2-4H3/q+1. The van der Waals surface area contributed by atoms with Crippen molar-refractivity contribution in [2.24, 2.45) is 0 Å². The predicted molar refractivity (Wildman–Crippen MR) is 44.0 cm³/mol. The fraction of sp³-hybridized carbons (Fsp3) is 0.571. The van der Waals surface area contributed by atoms with Crippen molar-refractivity contribution in [3.8, 4) is 12.3 Å². The number of hydrogen-bond donors (Lipinski definition) is 0. The number of rotatable bonds is 3. The van der Waals surface area contributed by atoms with Crippen LogP contribution >= 0.6 is 8.03 Å². The monoisotopic (exact) mass is 189 g/mol. The first-order chi connectivity index (χ1) is 5.43. The van der Waals surface area contributed by atoms with E-state index in [4.69, 9.17) is 10.9 Å². The molecule has 0 aromatic rings. The number of carbonyl (C=O) groups excluding carboxylic acids is 1. The molecule has 0 aliphatic carbocycles. The summed E-state index contributed by atoms with van der Waals surface area (Å²) < 4.78 is 19.8. The zero-order valence-electron chi connectivity index (χ0n) is 7.16. The molecule has 4 nitrogen and oxygen atoms in total. The molecule has 1 unspecified atom stereocenters. The number of carbonyl (C=O) groups is 1. The molecule has 0 heterocycles. The van der Waals surface area contributed by atoms with Crippen LogP contribution in [0, 0.1) is 12.3 Å². The molecule has 0 fully saturated rings. The second-order valence-electron chi connectivity index (χ2n) is 2.47. The molecule has 5 heteroatoms. The SMILES string of the molecule is C#CC(C)(C)O[P+](=O)C(=O)OC. The van der Waals surface area contributed by atoms with Gasteiger partial charge in [0.15, 0.2) is 5.60 Å². The fourth-order valence-electron chi connectivity index (χ4n) is 0.345. The minimum atomic E-state index is -2.49. The molecule has 0 N–H and O–H groups in total. The van der Waals surface area contributed by atoms with Crippen molar-refractivity contribution in [3.63, 3.8) is 0 Å². The van der Waals surface area contributed by atoms with Crippen molar-refractivity contribution < 1.29 is 18.6 Å². The molecule has 66 valence electrons. The minimum absolute atomic E-state index is 0.909. The van der Waals surface area contributed by atoms with Crippen LogP contribution in [0.25, 0.3) is 0 Å². The van der Waals surface area contributed by atoms with Crippen molar-refractivity contribution in [2.45, 2.75) is 19.4 Å². The lowest BCUT2D eigenvalue weighted by Gasteiger charge is -2.06. The highest BCUT2D eigenvalue weighted by molar-refractivity contribution is 7.58. The second kappa shape index (κ2) is 4.20. The predicted octanol–water partition coefficient (Wildman–Crippen LogP) is 1.92. The quantitative estimate of drug-likeness (QED) is 0.502. The summed E-state index contributed by atoms with van der Waals surface area (Å²) in [5, 5.41) is 0. The minimum Gasteiger partial charge on any atom is -0.429 e. The lowest BCUT2D eigenvalue weighted by Crippen LogP contribution is -2.18. The van der Waals surface area contributed by atoms with Crippen LogP contribution < -0.4 is 0 Å². The molecule has 0 spiro atoms. The molecular weight excluding hydrogens is 179 g/mol. The summed E-state index contributed by atoms with van der Waals surface area (Å²) in [5.41, 5.74) is -1.92. The van der Waals surface area contributed by atoms with Gasteiger partial charge in [0.1, 0.15) is 0 Å². The Hall–Kier alpha value is -0.910. The number of terminal acetylenes is 1. The Morgan fingerprint density at radius 3 is 2.42 bits per heavy atom. The Kier molecular flexibility index (Phi) is 3.88. The molecule has 0 aliphatic heterocycles.